The monoisotopic (exact) mass is 371 g/mol. The van der Waals surface area contributed by atoms with Crippen LogP contribution in [0.25, 0.3) is 0 Å². The van der Waals surface area contributed by atoms with Gasteiger partial charge in [0.25, 0.3) is 5.91 Å². The standard InChI is InChI=1S/C20H18FNO5/c1-11(23)17-18(15-9-8-14(26-2)10-16(15)27-3)22(20(25)19(17)24)13-6-4-12(21)5-7-13/h4-10,18,24H,1-3H3/t18-/m0/s1. The van der Waals surface area contributed by atoms with Gasteiger partial charge in [0.2, 0.25) is 0 Å². The number of aliphatic hydroxyl groups is 1. The lowest BCUT2D eigenvalue weighted by molar-refractivity contribution is -0.117. The molecule has 1 N–H and O–H groups in total. The molecule has 0 fully saturated rings. The molecule has 0 aliphatic carbocycles. The van der Waals surface area contributed by atoms with E-state index in [-0.39, 0.29) is 5.57 Å². The average Bonchev–Trinajstić information content (AvgIpc) is 2.93. The highest BCUT2D eigenvalue weighted by molar-refractivity contribution is 6.16. The van der Waals surface area contributed by atoms with Gasteiger partial charge in [0.1, 0.15) is 17.3 Å². The molecule has 0 saturated carbocycles. The number of nitrogens with zero attached hydrogens (tertiary/aromatic N) is 1. The zero-order valence-corrected chi connectivity index (χ0v) is 15.0. The molecule has 7 heteroatoms. The fraction of sp³-hybridized carbons (Fsp3) is 0.200. The second-order valence-electron chi connectivity index (χ2n) is 5.98. The van der Waals surface area contributed by atoms with Gasteiger partial charge in [0.15, 0.2) is 11.5 Å². The van der Waals surface area contributed by atoms with Crippen molar-refractivity contribution in [2.24, 2.45) is 0 Å². The third kappa shape index (κ3) is 3.12. The molecule has 0 aromatic heterocycles. The summed E-state index contributed by atoms with van der Waals surface area (Å²) < 4.78 is 23.9. The first kappa shape index (κ1) is 18.4. The van der Waals surface area contributed by atoms with Gasteiger partial charge in [-0.25, -0.2) is 4.39 Å². The van der Waals surface area contributed by atoms with Gasteiger partial charge in [-0.2, -0.15) is 0 Å². The second kappa shape index (κ2) is 7.11. The minimum absolute atomic E-state index is 0.0483. The first-order valence-electron chi connectivity index (χ1n) is 8.14. The Hall–Kier alpha value is -3.35. The van der Waals surface area contributed by atoms with Crippen LogP contribution in [0, 0.1) is 5.82 Å². The van der Waals surface area contributed by atoms with Crippen molar-refractivity contribution < 1.29 is 28.6 Å². The predicted molar refractivity (Wildman–Crippen MR) is 96.5 cm³/mol. The molecule has 140 valence electrons. The Morgan fingerprint density at radius 1 is 1.11 bits per heavy atom. The van der Waals surface area contributed by atoms with Crippen molar-refractivity contribution in [3.05, 3.63) is 65.2 Å². The van der Waals surface area contributed by atoms with Crippen molar-refractivity contribution in [3.63, 3.8) is 0 Å². The molecule has 0 radical (unpaired) electrons. The van der Waals surface area contributed by atoms with Gasteiger partial charge in [-0.05, 0) is 43.3 Å². The SMILES string of the molecule is COc1ccc([C@H]2C(C(C)=O)=C(O)C(=O)N2c2ccc(F)cc2)c(OC)c1. The highest BCUT2D eigenvalue weighted by Crippen LogP contribution is 2.44. The molecule has 0 bridgehead atoms. The Labute approximate surface area is 155 Å². The maximum absolute atomic E-state index is 13.3. The van der Waals surface area contributed by atoms with E-state index in [1.54, 1.807) is 18.2 Å². The summed E-state index contributed by atoms with van der Waals surface area (Å²) in [5.41, 5.74) is 0.782. The van der Waals surface area contributed by atoms with Crippen molar-refractivity contribution >= 4 is 17.4 Å². The molecule has 6 nitrogen and oxygen atoms in total. The third-order valence-electron chi connectivity index (χ3n) is 4.43. The van der Waals surface area contributed by atoms with Crippen molar-refractivity contribution in [3.8, 4) is 11.5 Å². The number of aliphatic hydroxyl groups excluding tert-OH is 1. The van der Waals surface area contributed by atoms with Crippen LogP contribution in [0.4, 0.5) is 10.1 Å². The molecule has 1 heterocycles. The fourth-order valence-corrected chi connectivity index (χ4v) is 3.17. The topological polar surface area (TPSA) is 76.1 Å². The van der Waals surface area contributed by atoms with Gasteiger partial charge >= 0.3 is 0 Å². The van der Waals surface area contributed by atoms with Crippen LogP contribution >= 0.6 is 0 Å². The molecule has 1 aliphatic rings. The number of ketones is 1. The van der Waals surface area contributed by atoms with Crippen LogP contribution in [-0.2, 0) is 9.59 Å². The van der Waals surface area contributed by atoms with Gasteiger partial charge in [-0.1, -0.05) is 0 Å². The third-order valence-corrected chi connectivity index (χ3v) is 4.43. The largest absolute Gasteiger partial charge is 0.503 e. The van der Waals surface area contributed by atoms with Gasteiger partial charge in [-0.15, -0.1) is 0 Å². The number of rotatable bonds is 5. The molecule has 0 spiro atoms. The number of benzene rings is 2. The van der Waals surface area contributed by atoms with E-state index in [2.05, 4.69) is 0 Å². The minimum atomic E-state index is -0.915. The van der Waals surface area contributed by atoms with E-state index < -0.39 is 29.3 Å². The summed E-state index contributed by atoms with van der Waals surface area (Å²) in [5, 5.41) is 10.3. The zero-order chi connectivity index (χ0) is 19.7. The highest BCUT2D eigenvalue weighted by atomic mass is 19.1. The Balaban J connectivity index is 2.22. The van der Waals surface area contributed by atoms with Crippen LogP contribution in [0.2, 0.25) is 0 Å². The van der Waals surface area contributed by atoms with Gasteiger partial charge in [0, 0.05) is 17.3 Å². The maximum Gasteiger partial charge on any atom is 0.294 e. The lowest BCUT2D eigenvalue weighted by Gasteiger charge is -2.28. The lowest BCUT2D eigenvalue weighted by Crippen LogP contribution is -2.31. The van der Waals surface area contributed by atoms with Gasteiger partial charge in [-0.3, -0.25) is 14.5 Å². The summed E-state index contributed by atoms with van der Waals surface area (Å²) in [5.74, 6) is -1.37. The molecule has 2 aromatic rings. The molecular formula is C20H18FNO5. The van der Waals surface area contributed by atoms with Crippen molar-refractivity contribution in [1.82, 2.24) is 0 Å². The molecule has 1 atom stereocenters. The number of methoxy groups -OCH3 is 2. The summed E-state index contributed by atoms with van der Waals surface area (Å²) in [7, 11) is 2.96. The number of carbonyl (C=O) groups is 2. The number of halogens is 1. The van der Waals surface area contributed by atoms with Crippen LogP contribution in [0.5, 0.6) is 11.5 Å². The van der Waals surface area contributed by atoms with Gasteiger partial charge in [0.05, 0.1) is 25.8 Å². The van der Waals surface area contributed by atoms with E-state index >= 15 is 0 Å². The summed E-state index contributed by atoms with van der Waals surface area (Å²) in [4.78, 5) is 26.2. The number of amides is 1. The Kier molecular flexibility index (Phi) is 4.85. The Morgan fingerprint density at radius 3 is 2.33 bits per heavy atom. The van der Waals surface area contributed by atoms with Crippen LogP contribution in [0.1, 0.15) is 18.5 Å². The van der Waals surface area contributed by atoms with Crippen LogP contribution in [-0.4, -0.2) is 31.0 Å². The number of Topliss-reactive ketones (excluding diaryl/α,β-unsaturated/α-hetero) is 1. The zero-order valence-electron chi connectivity index (χ0n) is 15.0. The van der Waals surface area contributed by atoms with E-state index in [0.29, 0.717) is 22.7 Å². The van der Waals surface area contributed by atoms with Crippen LogP contribution in [0.15, 0.2) is 53.8 Å². The normalized spacial score (nSPS) is 16.7. The summed E-state index contributed by atoms with van der Waals surface area (Å²) >= 11 is 0. The first-order chi connectivity index (χ1) is 12.9. The second-order valence-corrected chi connectivity index (χ2v) is 5.98. The van der Waals surface area contributed by atoms with Crippen LogP contribution < -0.4 is 14.4 Å². The smallest absolute Gasteiger partial charge is 0.294 e. The van der Waals surface area contributed by atoms with E-state index in [1.807, 2.05) is 0 Å². The number of ether oxygens (including phenoxy) is 2. The fourth-order valence-electron chi connectivity index (χ4n) is 3.17. The molecule has 2 aromatic carbocycles. The van der Waals surface area contributed by atoms with E-state index in [9.17, 15) is 19.1 Å². The number of carbonyl (C=O) groups excluding carboxylic acids is 2. The quantitative estimate of drug-likeness (QED) is 0.872. The number of hydrogen-bond acceptors (Lipinski definition) is 5. The molecule has 27 heavy (non-hydrogen) atoms. The van der Waals surface area contributed by atoms with Crippen molar-refractivity contribution in [1.29, 1.82) is 0 Å². The van der Waals surface area contributed by atoms with E-state index in [4.69, 9.17) is 9.47 Å². The summed E-state index contributed by atoms with van der Waals surface area (Å²) in [6, 6.07) is 9.25. The number of anilines is 1. The summed E-state index contributed by atoms with van der Waals surface area (Å²) in [6.45, 7) is 1.27. The van der Waals surface area contributed by atoms with Crippen molar-refractivity contribution in [2.45, 2.75) is 13.0 Å². The lowest BCUT2D eigenvalue weighted by atomic mass is 9.95. The highest BCUT2D eigenvalue weighted by Gasteiger charge is 2.44. The average molecular weight is 371 g/mol. The van der Waals surface area contributed by atoms with Crippen LogP contribution in [0.3, 0.4) is 0 Å². The molecule has 1 amide bonds. The van der Waals surface area contributed by atoms with E-state index in [1.165, 1.54) is 50.3 Å². The Bertz CT molecular complexity index is 936. The minimum Gasteiger partial charge on any atom is -0.503 e. The van der Waals surface area contributed by atoms with Gasteiger partial charge < -0.3 is 14.6 Å². The first-order valence-corrected chi connectivity index (χ1v) is 8.14. The maximum atomic E-state index is 13.3. The van der Waals surface area contributed by atoms with E-state index in [0.717, 1.165) is 0 Å². The molecule has 1 aliphatic heterocycles. The molecule has 0 unspecified atom stereocenters. The number of hydrogen-bond donors (Lipinski definition) is 1. The molecule has 3 rings (SSSR count). The summed E-state index contributed by atoms with van der Waals surface area (Å²) in [6.07, 6.45) is 0. The molecular weight excluding hydrogens is 353 g/mol. The Morgan fingerprint density at radius 2 is 1.78 bits per heavy atom. The van der Waals surface area contributed by atoms with Crippen molar-refractivity contribution in [2.75, 3.05) is 19.1 Å². The predicted octanol–water partition coefficient (Wildman–Crippen LogP) is 3.33. The molecule has 0 saturated heterocycles.